The normalized spacial score (nSPS) is 10.5. The number of carbonyl (C=O) groups is 1. The van der Waals surface area contributed by atoms with Gasteiger partial charge in [-0.1, -0.05) is 0 Å². The van der Waals surface area contributed by atoms with E-state index in [1.807, 2.05) is 36.9 Å². The number of hydrogen-bond donors (Lipinski definition) is 2. The fourth-order valence-corrected chi connectivity index (χ4v) is 2.32. The fourth-order valence-electron chi connectivity index (χ4n) is 1.47. The van der Waals surface area contributed by atoms with Crippen molar-refractivity contribution >= 4 is 39.9 Å². The van der Waals surface area contributed by atoms with E-state index in [0.29, 0.717) is 0 Å². The Bertz CT molecular complexity index is 393. The molecule has 0 aromatic heterocycles. The molecule has 0 bridgehead atoms. The highest BCUT2D eigenvalue weighted by molar-refractivity contribution is 14.1. The third kappa shape index (κ3) is 3.26. The van der Waals surface area contributed by atoms with Crippen LogP contribution in [0.5, 0.6) is 0 Å². The second-order valence-electron chi connectivity index (χ2n) is 3.90. The molecule has 4 nitrogen and oxygen atoms in total. The first-order chi connectivity index (χ1) is 7.41. The summed E-state index contributed by atoms with van der Waals surface area (Å²) in [5.41, 5.74) is 12.6. The highest BCUT2D eigenvalue weighted by Crippen LogP contribution is 2.26. The second-order valence-corrected chi connectivity index (χ2v) is 5.06. The van der Waals surface area contributed by atoms with Gasteiger partial charge >= 0.3 is 0 Å². The second kappa shape index (κ2) is 5.38. The molecule has 0 radical (unpaired) electrons. The Morgan fingerprint density at radius 1 is 1.50 bits per heavy atom. The molecule has 5 heteroatoms. The Morgan fingerprint density at radius 3 is 2.56 bits per heavy atom. The Balaban J connectivity index is 3.05. The predicted octanol–water partition coefficient (Wildman–Crippen LogP) is 1.57. The van der Waals surface area contributed by atoms with Gasteiger partial charge in [0.25, 0.3) is 0 Å². The number of hydrogen-bond acceptors (Lipinski definition) is 3. The van der Waals surface area contributed by atoms with E-state index in [9.17, 15) is 4.79 Å². The maximum Gasteiger partial charge on any atom is 0.236 e. The van der Waals surface area contributed by atoms with Crippen molar-refractivity contribution in [3.63, 3.8) is 0 Å². The molecule has 4 N–H and O–H groups in total. The molecule has 0 aliphatic carbocycles. The maximum absolute atomic E-state index is 11.0. The number of benzene rings is 1. The van der Waals surface area contributed by atoms with Crippen LogP contribution in [0.2, 0.25) is 0 Å². The van der Waals surface area contributed by atoms with Crippen LogP contribution in [-0.2, 0) is 4.79 Å². The van der Waals surface area contributed by atoms with Gasteiger partial charge in [0.15, 0.2) is 0 Å². The zero-order valence-electron chi connectivity index (χ0n) is 9.40. The molecule has 0 atom stereocenters. The first-order valence-corrected chi connectivity index (χ1v) is 6.09. The summed E-state index contributed by atoms with van der Waals surface area (Å²) in [4.78, 5) is 13.0. The van der Waals surface area contributed by atoms with E-state index in [1.54, 1.807) is 0 Å². The number of rotatable bonds is 4. The van der Waals surface area contributed by atoms with Crippen molar-refractivity contribution in [1.29, 1.82) is 0 Å². The van der Waals surface area contributed by atoms with Crippen molar-refractivity contribution in [2.75, 3.05) is 17.2 Å². The standard InChI is InChI=1S/C11H16IN3O/c1-7(2)15(6-11(14)16)10-4-3-8(13)5-9(10)12/h3-5,7H,6,13H2,1-2H3,(H2,14,16). The van der Waals surface area contributed by atoms with E-state index >= 15 is 0 Å². The van der Waals surface area contributed by atoms with Crippen molar-refractivity contribution in [2.45, 2.75) is 19.9 Å². The molecule has 16 heavy (non-hydrogen) atoms. The summed E-state index contributed by atoms with van der Waals surface area (Å²) >= 11 is 2.21. The number of nitrogens with two attached hydrogens (primary N) is 2. The lowest BCUT2D eigenvalue weighted by atomic mass is 10.2. The van der Waals surface area contributed by atoms with E-state index in [0.717, 1.165) is 14.9 Å². The summed E-state index contributed by atoms with van der Waals surface area (Å²) < 4.78 is 1.02. The van der Waals surface area contributed by atoms with Gasteiger partial charge in [-0.2, -0.15) is 0 Å². The number of nitrogens with zero attached hydrogens (tertiary/aromatic N) is 1. The molecule has 0 saturated carbocycles. The number of primary amides is 1. The molecule has 1 aromatic carbocycles. The highest BCUT2D eigenvalue weighted by Gasteiger charge is 2.15. The van der Waals surface area contributed by atoms with Gasteiger partial charge in [-0.3, -0.25) is 4.79 Å². The third-order valence-corrected chi connectivity index (χ3v) is 3.09. The SMILES string of the molecule is CC(C)N(CC(N)=O)c1ccc(N)cc1I. The number of nitrogen functional groups attached to an aromatic ring is 1. The lowest BCUT2D eigenvalue weighted by Crippen LogP contribution is -2.39. The predicted molar refractivity (Wildman–Crippen MR) is 75.2 cm³/mol. The topological polar surface area (TPSA) is 72.3 Å². The molecule has 0 aliphatic rings. The van der Waals surface area contributed by atoms with Gasteiger partial charge < -0.3 is 16.4 Å². The molecule has 1 aromatic rings. The largest absolute Gasteiger partial charge is 0.399 e. The lowest BCUT2D eigenvalue weighted by Gasteiger charge is -2.28. The van der Waals surface area contributed by atoms with E-state index in [1.165, 1.54) is 0 Å². The van der Waals surface area contributed by atoms with Crippen LogP contribution in [0.25, 0.3) is 0 Å². The smallest absolute Gasteiger partial charge is 0.236 e. The zero-order valence-corrected chi connectivity index (χ0v) is 11.6. The minimum Gasteiger partial charge on any atom is -0.399 e. The van der Waals surface area contributed by atoms with E-state index in [-0.39, 0.29) is 18.5 Å². The van der Waals surface area contributed by atoms with E-state index in [2.05, 4.69) is 22.6 Å². The van der Waals surface area contributed by atoms with E-state index < -0.39 is 0 Å². The third-order valence-electron chi connectivity index (χ3n) is 2.23. The summed E-state index contributed by atoms with van der Waals surface area (Å²) in [6.07, 6.45) is 0. The Hall–Kier alpha value is -0.980. The Labute approximate surface area is 109 Å². The molecule has 0 heterocycles. The minimum atomic E-state index is -0.332. The number of anilines is 2. The van der Waals surface area contributed by atoms with Gasteiger partial charge in [0, 0.05) is 15.3 Å². The summed E-state index contributed by atoms with van der Waals surface area (Å²) in [6, 6.07) is 5.84. The molecular formula is C11H16IN3O. The zero-order chi connectivity index (χ0) is 12.3. The van der Waals surface area contributed by atoms with Crippen LogP contribution < -0.4 is 16.4 Å². The van der Waals surface area contributed by atoms with Crippen molar-refractivity contribution in [3.8, 4) is 0 Å². The molecule has 0 spiro atoms. The van der Waals surface area contributed by atoms with E-state index in [4.69, 9.17) is 11.5 Å². The average molecular weight is 333 g/mol. The van der Waals surface area contributed by atoms with Gasteiger partial charge in [0.2, 0.25) is 5.91 Å². The van der Waals surface area contributed by atoms with Crippen molar-refractivity contribution in [3.05, 3.63) is 21.8 Å². The Morgan fingerprint density at radius 2 is 2.12 bits per heavy atom. The lowest BCUT2D eigenvalue weighted by molar-refractivity contribution is -0.116. The Kier molecular flexibility index (Phi) is 4.40. The van der Waals surface area contributed by atoms with Crippen LogP contribution in [0.3, 0.4) is 0 Å². The molecule has 0 fully saturated rings. The van der Waals surface area contributed by atoms with Gasteiger partial charge in [0.1, 0.15) is 0 Å². The molecule has 0 saturated heterocycles. The number of halogens is 1. The summed E-state index contributed by atoms with van der Waals surface area (Å²) in [5, 5.41) is 0. The summed E-state index contributed by atoms with van der Waals surface area (Å²) in [6.45, 7) is 4.27. The molecule has 1 rings (SSSR count). The van der Waals surface area contributed by atoms with Crippen LogP contribution in [0.4, 0.5) is 11.4 Å². The molecule has 0 aliphatic heterocycles. The minimum absolute atomic E-state index is 0.213. The van der Waals surface area contributed by atoms with Gasteiger partial charge in [-0.25, -0.2) is 0 Å². The van der Waals surface area contributed by atoms with Crippen LogP contribution >= 0.6 is 22.6 Å². The molecule has 1 amide bonds. The van der Waals surface area contributed by atoms with Crippen molar-refractivity contribution in [1.82, 2.24) is 0 Å². The molecular weight excluding hydrogens is 317 g/mol. The van der Waals surface area contributed by atoms with Gasteiger partial charge in [0.05, 0.1) is 12.2 Å². The first kappa shape index (κ1) is 13.1. The molecule has 88 valence electrons. The maximum atomic E-state index is 11.0. The van der Waals surface area contributed by atoms with Crippen LogP contribution in [0.15, 0.2) is 18.2 Å². The first-order valence-electron chi connectivity index (χ1n) is 5.01. The fraction of sp³-hybridized carbons (Fsp3) is 0.364. The van der Waals surface area contributed by atoms with Crippen molar-refractivity contribution < 1.29 is 4.79 Å². The van der Waals surface area contributed by atoms with Crippen LogP contribution in [0, 0.1) is 3.57 Å². The summed E-state index contributed by atoms with van der Waals surface area (Å²) in [5.74, 6) is -0.332. The monoisotopic (exact) mass is 333 g/mol. The van der Waals surface area contributed by atoms with Crippen LogP contribution in [0.1, 0.15) is 13.8 Å². The van der Waals surface area contributed by atoms with Crippen LogP contribution in [-0.4, -0.2) is 18.5 Å². The number of amides is 1. The highest BCUT2D eigenvalue weighted by atomic mass is 127. The summed E-state index contributed by atoms with van der Waals surface area (Å²) in [7, 11) is 0. The quantitative estimate of drug-likeness (QED) is 0.649. The van der Waals surface area contributed by atoms with Crippen molar-refractivity contribution in [2.24, 2.45) is 5.73 Å². The number of carbonyl (C=O) groups excluding carboxylic acids is 1. The molecule has 0 unspecified atom stereocenters. The average Bonchev–Trinajstić information content (AvgIpc) is 2.14. The van der Waals surface area contributed by atoms with Gasteiger partial charge in [-0.05, 0) is 54.6 Å². The van der Waals surface area contributed by atoms with Gasteiger partial charge in [-0.15, -0.1) is 0 Å².